The number of hydrogen-bond donors (Lipinski definition) is 0. The number of nitriles is 1. The van der Waals surface area contributed by atoms with Gasteiger partial charge in [0.2, 0.25) is 0 Å². The molecule has 21 heavy (non-hydrogen) atoms. The summed E-state index contributed by atoms with van der Waals surface area (Å²) in [7, 11) is 1.64. The molecular weight excluding hydrogens is 267 g/mol. The fourth-order valence-corrected chi connectivity index (χ4v) is 2.98. The monoisotopic (exact) mass is 286 g/mol. The quantitative estimate of drug-likeness (QED) is 0.853. The third-order valence-corrected chi connectivity index (χ3v) is 4.74. The molecule has 2 saturated carbocycles. The van der Waals surface area contributed by atoms with E-state index in [9.17, 15) is 14.4 Å². The van der Waals surface area contributed by atoms with E-state index in [1.807, 2.05) is 12.1 Å². The van der Waals surface area contributed by atoms with Crippen LogP contribution in [0.2, 0.25) is 0 Å². The van der Waals surface area contributed by atoms with Crippen molar-refractivity contribution in [1.82, 2.24) is 4.90 Å². The summed E-state index contributed by atoms with van der Waals surface area (Å²) in [6.45, 7) is 0.152. The van der Waals surface area contributed by atoms with Crippen LogP contribution in [0.15, 0.2) is 24.3 Å². The van der Waals surface area contributed by atoms with Crippen LogP contribution < -0.4 is 0 Å². The number of benzene rings is 1. The highest BCUT2D eigenvalue weighted by Crippen LogP contribution is 2.47. The lowest BCUT2D eigenvalue weighted by molar-refractivity contribution is 0.0253. The van der Waals surface area contributed by atoms with Gasteiger partial charge < -0.3 is 4.90 Å². The first-order chi connectivity index (χ1) is 9.98. The van der Waals surface area contributed by atoms with E-state index < -0.39 is 11.1 Å². The Bertz CT molecular complexity index is 611. The molecule has 1 amide bonds. The summed E-state index contributed by atoms with van der Waals surface area (Å²) in [5, 5.41) is 9.25. The summed E-state index contributed by atoms with van der Waals surface area (Å²) in [5.41, 5.74) is -0.154. The van der Waals surface area contributed by atoms with Gasteiger partial charge in [0.25, 0.3) is 5.91 Å². The minimum atomic E-state index is -1.20. The second-order valence-electron chi connectivity index (χ2n) is 6.44. The maximum absolute atomic E-state index is 14.1. The van der Waals surface area contributed by atoms with Crippen LogP contribution in [-0.4, -0.2) is 30.1 Å². The summed E-state index contributed by atoms with van der Waals surface area (Å²) < 4.78 is 14.1. The van der Waals surface area contributed by atoms with Crippen LogP contribution in [0.1, 0.15) is 48.0 Å². The molecule has 2 aliphatic rings. The Kier molecular flexibility index (Phi) is 3.24. The van der Waals surface area contributed by atoms with Gasteiger partial charge in [0.1, 0.15) is 5.67 Å². The minimum absolute atomic E-state index is 0.152. The Labute approximate surface area is 124 Å². The lowest BCUT2D eigenvalue weighted by Gasteiger charge is -2.37. The molecule has 0 spiro atoms. The molecule has 3 nitrogen and oxygen atoms in total. The van der Waals surface area contributed by atoms with E-state index in [2.05, 4.69) is 6.07 Å². The first kappa shape index (κ1) is 14.1. The van der Waals surface area contributed by atoms with Gasteiger partial charge in [-0.1, -0.05) is 12.1 Å². The van der Waals surface area contributed by atoms with Crippen LogP contribution in [0.25, 0.3) is 0 Å². The van der Waals surface area contributed by atoms with Crippen LogP contribution in [-0.2, 0) is 5.41 Å². The first-order valence-corrected chi connectivity index (χ1v) is 7.44. The van der Waals surface area contributed by atoms with Crippen molar-refractivity contribution in [2.45, 2.75) is 43.2 Å². The number of rotatable bonds is 4. The van der Waals surface area contributed by atoms with Crippen molar-refractivity contribution >= 4 is 5.91 Å². The van der Waals surface area contributed by atoms with Crippen molar-refractivity contribution in [1.29, 1.82) is 5.26 Å². The smallest absolute Gasteiger partial charge is 0.253 e. The number of carbonyl (C=O) groups is 1. The van der Waals surface area contributed by atoms with Gasteiger partial charge in [0.15, 0.2) is 0 Å². The molecule has 0 unspecified atom stereocenters. The summed E-state index contributed by atoms with van der Waals surface area (Å²) in [5.74, 6) is -0.172. The molecule has 110 valence electrons. The average molecular weight is 286 g/mol. The van der Waals surface area contributed by atoms with E-state index >= 15 is 0 Å². The Hall–Kier alpha value is -1.89. The fraction of sp³-hybridized carbons (Fsp3) is 0.529. The van der Waals surface area contributed by atoms with Crippen molar-refractivity contribution < 1.29 is 9.18 Å². The number of amides is 1. The molecular formula is C17H19FN2O. The second kappa shape index (κ2) is 4.84. The van der Waals surface area contributed by atoms with Crippen molar-refractivity contribution in [3.8, 4) is 6.07 Å². The molecule has 2 fully saturated rings. The van der Waals surface area contributed by atoms with Gasteiger partial charge in [0, 0.05) is 12.6 Å². The molecule has 0 aliphatic heterocycles. The zero-order valence-electron chi connectivity index (χ0n) is 12.2. The number of hydrogen-bond acceptors (Lipinski definition) is 2. The average Bonchev–Trinajstić information content (AvgIpc) is 3.26. The van der Waals surface area contributed by atoms with Crippen LogP contribution in [0.5, 0.6) is 0 Å². The summed E-state index contributed by atoms with van der Waals surface area (Å²) in [6.07, 6.45) is 3.69. The van der Waals surface area contributed by atoms with Crippen LogP contribution in [0.4, 0.5) is 4.39 Å². The zero-order chi connectivity index (χ0) is 15.1. The molecule has 0 N–H and O–H groups in total. The summed E-state index contributed by atoms with van der Waals surface area (Å²) >= 11 is 0. The highest BCUT2D eigenvalue weighted by molar-refractivity contribution is 5.94. The Morgan fingerprint density at radius 1 is 1.38 bits per heavy atom. The topological polar surface area (TPSA) is 44.1 Å². The largest absolute Gasteiger partial charge is 0.339 e. The van der Waals surface area contributed by atoms with E-state index in [0.717, 1.165) is 24.8 Å². The van der Waals surface area contributed by atoms with E-state index in [0.29, 0.717) is 18.4 Å². The standard InChI is InChI=1S/C17H19FN2O/c1-20(12-17(18)6-3-7-17)15(21)13-4-2-5-14(10-13)16(11-19)8-9-16/h2,4-5,10H,3,6-9,12H2,1H3. The fourth-order valence-electron chi connectivity index (χ4n) is 2.98. The van der Waals surface area contributed by atoms with Gasteiger partial charge in [-0.3, -0.25) is 4.79 Å². The third kappa shape index (κ3) is 2.53. The van der Waals surface area contributed by atoms with E-state index in [1.165, 1.54) is 4.90 Å². The number of alkyl halides is 1. The third-order valence-electron chi connectivity index (χ3n) is 4.74. The van der Waals surface area contributed by atoms with Crippen molar-refractivity contribution in [3.05, 3.63) is 35.4 Å². The van der Waals surface area contributed by atoms with Crippen LogP contribution in [0, 0.1) is 11.3 Å². The Balaban J connectivity index is 1.76. The maximum atomic E-state index is 14.1. The normalized spacial score (nSPS) is 21.0. The van der Waals surface area contributed by atoms with Gasteiger partial charge in [-0.2, -0.15) is 5.26 Å². The minimum Gasteiger partial charge on any atom is -0.339 e. The van der Waals surface area contributed by atoms with E-state index in [4.69, 9.17) is 0 Å². The second-order valence-corrected chi connectivity index (χ2v) is 6.44. The van der Waals surface area contributed by atoms with Crippen molar-refractivity contribution in [2.24, 2.45) is 0 Å². The zero-order valence-corrected chi connectivity index (χ0v) is 12.2. The Morgan fingerprint density at radius 3 is 2.62 bits per heavy atom. The van der Waals surface area contributed by atoms with Gasteiger partial charge in [-0.15, -0.1) is 0 Å². The highest BCUT2D eigenvalue weighted by atomic mass is 19.1. The van der Waals surface area contributed by atoms with E-state index in [1.54, 1.807) is 19.2 Å². The molecule has 1 aromatic rings. The molecule has 0 aromatic heterocycles. The number of halogens is 1. The predicted octanol–water partition coefficient (Wildman–Crippen LogP) is 3.21. The van der Waals surface area contributed by atoms with Gasteiger partial charge in [-0.25, -0.2) is 4.39 Å². The molecule has 0 bridgehead atoms. The number of carbonyl (C=O) groups excluding carboxylic acids is 1. The lowest BCUT2D eigenvalue weighted by Crippen LogP contribution is -2.45. The van der Waals surface area contributed by atoms with Crippen molar-refractivity contribution in [3.63, 3.8) is 0 Å². The molecule has 0 saturated heterocycles. The molecule has 0 atom stereocenters. The van der Waals surface area contributed by atoms with Gasteiger partial charge in [0.05, 0.1) is 18.0 Å². The summed E-state index contributed by atoms with van der Waals surface area (Å²) in [4.78, 5) is 13.9. The lowest BCUT2D eigenvalue weighted by atomic mass is 9.81. The van der Waals surface area contributed by atoms with Gasteiger partial charge >= 0.3 is 0 Å². The molecule has 0 heterocycles. The highest BCUT2D eigenvalue weighted by Gasteiger charge is 2.45. The molecule has 0 radical (unpaired) electrons. The van der Waals surface area contributed by atoms with Crippen molar-refractivity contribution in [2.75, 3.05) is 13.6 Å². The molecule has 3 rings (SSSR count). The van der Waals surface area contributed by atoms with Crippen LogP contribution in [0.3, 0.4) is 0 Å². The first-order valence-electron chi connectivity index (χ1n) is 7.44. The maximum Gasteiger partial charge on any atom is 0.253 e. The van der Waals surface area contributed by atoms with E-state index in [-0.39, 0.29) is 12.5 Å². The molecule has 2 aliphatic carbocycles. The molecule has 1 aromatic carbocycles. The van der Waals surface area contributed by atoms with Gasteiger partial charge in [-0.05, 0) is 49.8 Å². The summed E-state index contributed by atoms with van der Waals surface area (Å²) in [6, 6.07) is 9.57. The predicted molar refractivity (Wildman–Crippen MR) is 77.6 cm³/mol. The SMILES string of the molecule is CN(CC1(F)CCC1)C(=O)c1cccc(C2(C#N)CC2)c1. The van der Waals surface area contributed by atoms with Crippen LogP contribution >= 0.6 is 0 Å². The number of nitrogens with zero attached hydrogens (tertiary/aromatic N) is 2. The molecule has 4 heteroatoms. The Morgan fingerprint density at radius 2 is 2.10 bits per heavy atom.